The summed E-state index contributed by atoms with van der Waals surface area (Å²) in [5.41, 5.74) is -2.32. The minimum atomic E-state index is -1.60. The lowest BCUT2D eigenvalue weighted by molar-refractivity contribution is -0.253. The fraction of sp³-hybridized carbons (Fsp3) is 0.611. The Hall–Kier alpha value is -1.39. The van der Waals surface area contributed by atoms with Crippen molar-refractivity contribution in [2.75, 3.05) is 6.61 Å². The SMILES string of the molecule is CCOC(=O)[C@]12CCC[C@@](C)(O)[C@@]1(O)c1ccccc1CC2. The summed E-state index contributed by atoms with van der Waals surface area (Å²) in [4.78, 5) is 12.8. The van der Waals surface area contributed by atoms with E-state index in [9.17, 15) is 15.0 Å². The molecule has 0 heterocycles. The number of carbonyl (C=O) groups excluding carboxylic acids is 1. The first-order chi connectivity index (χ1) is 10.4. The summed E-state index contributed by atoms with van der Waals surface area (Å²) >= 11 is 0. The van der Waals surface area contributed by atoms with Gasteiger partial charge in [0.05, 0.1) is 12.2 Å². The Morgan fingerprint density at radius 2 is 1.95 bits per heavy atom. The molecule has 0 radical (unpaired) electrons. The van der Waals surface area contributed by atoms with Crippen LogP contribution in [-0.2, 0) is 21.6 Å². The highest BCUT2D eigenvalue weighted by atomic mass is 16.5. The molecule has 4 heteroatoms. The minimum absolute atomic E-state index is 0.278. The summed E-state index contributed by atoms with van der Waals surface area (Å²) in [6.07, 6.45) is 2.95. The first-order valence-electron chi connectivity index (χ1n) is 8.09. The highest BCUT2D eigenvalue weighted by Crippen LogP contribution is 2.60. The average Bonchev–Trinajstić information content (AvgIpc) is 2.49. The molecular weight excluding hydrogens is 280 g/mol. The molecule has 0 bridgehead atoms. The molecule has 0 aromatic heterocycles. The van der Waals surface area contributed by atoms with E-state index in [1.807, 2.05) is 24.3 Å². The number of aryl methyl sites for hydroxylation is 1. The van der Waals surface area contributed by atoms with E-state index in [0.29, 0.717) is 37.7 Å². The molecule has 0 unspecified atom stereocenters. The molecule has 2 aliphatic carbocycles. The molecule has 1 aromatic carbocycles. The molecule has 3 rings (SSSR count). The van der Waals surface area contributed by atoms with Crippen molar-refractivity contribution in [3.8, 4) is 0 Å². The normalized spacial score (nSPS) is 37.1. The van der Waals surface area contributed by atoms with Gasteiger partial charge in [-0.3, -0.25) is 4.79 Å². The molecule has 0 amide bonds. The quantitative estimate of drug-likeness (QED) is 0.823. The van der Waals surface area contributed by atoms with Crippen molar-refractivity contribution in [2.24, 2.45) is 5.41 Å². The maximum absolute atomic E-state index is 12.8. The van der Waals surface area contributed by atoms with E-state index in [0.717, 1.165) is 5.56 Å². The molecule has 1 aromatic rings. The Balaban J connectivity index is 2.23. The van der Waals surface area contributed by atoms with E-state index in [1.54, 1.807) is 13.8 Å². The van der Waals surface area contributed by atoms with E-state index in [1.165, 1.54) is 0 Å². The van der Waals surface area contributed by atoms with Gasteiger partial charge in [0, 0.05) is 0 Å². The van der Waals surface area contributed by atoms with Crippen molar-refractivity contribution in [2.45, 2.75) is 57.2 Å². The molecule has 1 fully saturated rings. The Morgan fingerprint density at radius 3 is 2.68 bits per heavy atom. The number of esters is 1. The summed E-state index contributed by atoms with van der Waals surface area (Å²) in [5, 5.41) is 22.7. The van der Waals surface area contributed by atoms with Gasteiger partial charge in [-0.05, 0) is 57.1 Å². The van der Waals surface area contributed by atoms with Crippen LogP contribution in [0, 0.1) is 5.41 Å². The summed E-state index contributed by atoms with van der Waals surface area (Å²) in [7, 11) is 0. The fourth-order valence-electron chi connectivity index (χ4n) is 4.53. The third kappa shape index (κ3) is 1.80. The van der Waals surface area contributed by atoms with Crippen LogP contribution in [0.4, 0.5) is 0 Å². The molecule has 0 aliphatic heterocycles. The number of ether oxygens (including phenoxy) is 1. The van der Waals surface area contributed by atoms with Crippen LogP contribution in [0.15, 0.2) is 24.3 Å². The Kier molecular flexibility index (Phi) is 3.57. The van der Waals surface area contributed by atoms with E-state index < -0.39 is 16.6 Å². The number of hydrogen-bond acceptors (Lipinski definition) is 4. The van der Waals surface area contributed by atoms with E-state index in [4.69, 9.17) is 4.74 Å². The predicted octanol–water partition coefficient (Wildman–Crippen LogP) is 2.30. The smallest absolute Gasteiger partial charge is 0.315 e. The monoisotopic (exact) mass is 304 g/mol. The van der Waals surface area contributed by atoms with Gasteiger partial charge in [-0.1, -0.05) is 24.3 Å². The standard InChI is InChI=1S/C18H24O4/c1-3-22-15(19)17-11-6-10-16(2,20)18(17,21)14-8-5-4-7-13(14)9-12-17/h4-5,7-8,20-21H,3,6,9-12H2,1-2H3/t16-,17-,18+/m1/s1. The van der Waals surface area contributed by atoms with Gasteiger partial charge in [0.25, 0.3) is 0 Å². The molecular formula is C18H24O4. The van der Waals surface area contributed by atoms with Gasteiger partial charge in [-0.25, -0.2) is 0 Å². The van der Waals surface area contributed by atoms with Crippen LogP contribution in [-0.4, -0.2) is 28.4 Å². The van der Waals surface area contributed by atoms with E-state index in [2.05, 4.69) is 0 Å². The van der Waals surface area contributed by atoms with Gasteiger partial charge in [0.2, 0.25) is 0 Å². The maximum atomic E-state index is 12.8. The van der Waals surface area contributed by atoms with Crippen LogP contribution < -0.4 is 0 Å². The summed E-state index contributed by atoms with van der Waals surface area (Å²) in [5.74, 6) is -0.382. The molecule has 1 saturated carbocycles. The topological polar surface area (TPSA) is 66.8 Å². The largest absolute Gasteiger partial charge is 0.465 e. The second-order valence-corrected chi connectivity index (χ2v) is 6.80. The minimum Gasteiger partial charge on any atom is -0.465 e. The summed E-state index contributed by atoms with van der Waals surface area (Å²) in [6, 6.07) is 7.58. The van der Waals surface area contributed by atoms with Crippen molar-refractivity contribution in [1.82, 2.24) is 0 Å². The molecule has 2 N–H and O–H groups in total. The van der Waals surface area contributed by atoms with E-state index in [-0.39, 0.29) is 12.6 Å². The van der Waals surface area contributed by atoms with Crippen molar-refractivity contribution in [1.29, 1.82) is 0 Å². The zero-order valence-electron chi connectivity index (χ0n) is 13.3. The Labute approximate surface area is 131 Å². The third-order valence-electron chi connectivity index (χ3n) is 5.63. The second-order valence-electron chi connectivity index (χ2n) is 6.80. The maximum Gasteiger partial charge on any atom is 0.315 e. The van der Waals surface area contributed by atoms with Crippen LogP contribution >= 0.6 is 0 Å². The van der Waals surface area contributed by atoms with Crippen molar-refractivity contribution in [3.63, 3.8) is 0 Å². The Morgan fingerprint density at radius 1 is 1.23 bits per heavy atom. The van der Waals surface area contributed by atoms with Crippen molar-refractivity contribution in [3.05, 3.63) is 35.4 Å². The highest BCUT2D eigenvalue weighted by Gasteiger charge is 2.68. The van der Waals surface area contributed by atoms with Crippen molar-refractivity contribution < 1.29 is 19.7 Å². The van der Waals surface area contributed by atoms with Gasteiger partial charge in [0.1, 0.15) is 11.0 Å². The lowest BCUT2D eigenvalue weighted by Crippen LogP contribution is -2.67. The molecule has 0 spiro atoms. The van der Waals surface area contributed by atoms with Gasteiger partial charge >= 0.3 is 5.97 Å². The molecule has 2 aliphatic rings. The van der Waals surface area contributed by atoms with Crippen molar-refractivity contribution >= 4 is 5.97 Å². The molecule has 4 nitrogen and oxygen atoms in total. The highest BCUT2D eigenvalue weighted by molar-refractivity contribution is 5.80. The third-order valence-corrected chi connectivity index (χ3v) is 5.63. The summed E-state index contributed by atoms with van der Waals surface area (Å²) in [6.45, 7) is 3.69. The number of aliphatic hydroxyl groups is 2. The number of carbonyl (C=O) groups is 1. The number of hydrogen-bond donors (Lipinski definition) is 2. The summed E-state index contributed by atoms with van der Waals surface area (Å²) < 4.78 is 5.31. The van der Waals surface area contributed by atoms with Gasteiger partial charge in [0.15, 0.2) is 0 Å². The Bertz CT molecular complexity index is 595. The van der Waals surface area contributed by atoms with Crippen LogP contribution in [0.3, 0.4) is 0 Å². The first-order valence-corrected chi connectivity index (χ1v) is 8.09. The number of rotatable bonds is 2. The number of benzene rings is 1. The van der Waals surface area contributed by atoms with Gasteiger partial charge in [-0.15, -0.1) is 0 Å². The zero-order chi connectivity index (χ0) is 16.0. The van der Waals surface area contributed by atoms with Gasteiger partial charge in [-0.2, -0.15) is 0 Å². The molecule has 3 atom stereocenters. The first kappa shape index (κ1) is 15.5. The van der Waals surface area contributed by atoms with Crippen LogP contribution in [0.2, 0.25) is 0 Å². The predicted molar refractivity (Wildman–Crippen MR) is 82.2 cm³/mol. The molecule has 0 saturated heterocycles. The average molecular weight is 304 g/mol. The van der Waals surface area contributed by atoms with Gasteiger partial charge < -0.3 is 14.9 Å². The van der Waals surface area contributed by atoms with E-state index >= 15 is 0 Å². The van der Waals surface area contributed by atoms with Crippen LogP contribution in [0.5, 0.6) is 0 Å². The van der Waals surface area contributed by atoms with Crippen LogP contribution in [0.25, 0.3) is 0 Å². The lowest BCUT2D eigenvalue weighted by Gasteiger charge is -2.58. The molecule has 120 valence electrons. The number of fused-ring (bicyclic) bond motifs is 3. The lowest BCUT2D eigenvalue weighted by atomic mass is 9.50. The van der Waals surface area contributed by atoms with Crippen LogP contribution in [0.1, 0.15) is 50.7 Å². The fourth-order valence-corrected chi connectivity index (χ4v) is 4.53. The molecule has 22 heavy (non-hydrogen) atoms. The zero-order valence-corrected chi connectivity index (χ0v) is 13.3. The second kappa shape index (κ2) is 5.07.